The molecule has 2 aromatic carbocycles. The van der Waals surface area contributed by atoms with Gasteiger partial charge >= 0.3 is 0 Å². The molecule has 0 saturated heterocycles. The first kappa shape index (κ1) is 17.5. The summed E-state index contributed by atoms with van der Waals surface area (Å²) in [6.07, 6.45) is -0.542. The van der Waals surface area contributed by atoms with E-state index in [0.29, 0.717) is 12.5 Å². The highest BCUT2D eigenvalue weighted by molar-refractivity contribution is 5.31. The second-order valence-electron chi connectivity index (χ2n) is 6.27. The smallest absolute Gasteiger partial charge is 0.122 e. The first-order chi connectivity index (χ1) is 11.1. The summed E-state index contributed by atoms with van der Waals surface area (Å²) < 4.78 is 5.71. The fraction of sp³-hybridized carbons (Fsp3) is 0.400. The van der Waals surface area contributed by atoms with Gasteiger partial charge in [0.15, 0.2) is 0 Å². The number of benzene rings is 2. The van der Waals surface area contributed by atoms with E-state index in [1.165, 1.54) is 5.56 Å². The van der Waals surface area contributed by atoms with Crippen molar-refractivity contribution in [1.29, 1.82) is 0 Å². The van der Waals surface area contributed by atoms with Crippen molar-refractivity contribution in [1.82, 2.24) is 5.32 Å². The zero-order valence-electron chi connectivity index (χ0n) is 14.2. The van der Waals surface area contributed by atoms with E-state index in [-0.39, 0.29) is 12.6 Å². The van der Waals surface area contributed by atoms with E-state index in [2.05, 4.69) is 31.3 Å². The van der Waals surface area contributed by atoms with Crippen molar-refractivity contribution < 1.29 is 9.84 Å². The Kier molecular flexibility index (Phi) is 6.63. The van der Waals surface area contributed by atoms with Gasteiger partial charge < -0.3 is 15.2 Å². The van der Waals surface area contributed by atoms with Gasteiger partial charge in [-0.2, -0.15) is 0 Å². The van der Waals surface area contributed by atoms with E-state index in [1.807, 2.05) is 49.4 Å². The van der Waals surface area contributed by atoms with Crippen LogP contribution in [-0.4, -0.2) is 24.4 Å². The molecular formula is C20H27NO2. The molecule has 2 aromatic rings. The van der Waals surface area contributed by atoms with E-state index in [4.69, 9.17) is 4.74 Å². The molecule has 0 bridgehead atoms. The lowest BCUT2D eigenvalue weighted by molar-refractivity contribution is 0.101. The van der Waals surface area contributed by atoms with Crippen LogP contribution < -0.4 is 10.1 Å². The number of aryl methyl sites for hydroxylation is 1. The maximum absolute atomic E-state index is 10.2. The SMILES string of the molecule is Cc1ccccc1OCC(O)CNC(c1ccccc1)C(C)C. The van der Waals surface area contributed by atoms with E-state index in [1.54, 1.807) is 0 Å². The molecule has 0 aliphatic heterocycles. The topological polar surface area (TPSA) is 41.5 Å². The van der Waals surface area contributed by atoms with Crippen LogP contribution in [0.2, 0.25) is 0 Å². The van der Waals surface area contributed by atoms with Crippen molar-refractivity contribution >= 4 is 0 Å². The molecule has 0 saturated carbocycles. The van der Waals surface area contributed by atoms with Gasteiger partial charge in [0.1, 0.15) is 18.5 Å². The summed E-state index contributed by atoms with van der Waals surface area (Å²) in [5.74, 6) is 1.27. The van der Waals surface area contributed by atoms with Crippen LogP contribution in [0.3, 0.4) is 0 Å². The normalized spacial score (nSPS) is 13.8. The molecule has 0 aliphatic carbocycles. The van der Waals surface area contributed by atoms with Crippen molar-refractivity contribution in [3.63, 3.8) is 0 Å². The highest BCUT2D eigenvalue weighted by atomic mass is 16.5. The number of hydrogen-bond acceptors (Lipinski definition) is 3. The number of para-hydroxylation sites is 1. The van der Waals surface area contributed by atoms with Crippen molar-refractivity contribution in [2.75, 3.05) is 13.2 Å². The molecule has 23 heavy (non-hydrogen) atoms. The van der Waals surface area contributed by atoms with Crippen LogP contribution in [0.4, 0.5) is 0 Å². The van der Waals surface area contributed by atoms with E-state index in [0.717, 1.165) is 11.3 Å². The molecule has 0 radical (unpaired) electrons. The first-order valence-corrected chi connectivity index (χ1v) is 8.22. The summed E-state index contributed by atoms with van der Waals surface area (Å²) in [6, 6.07) is 18.4. The monoisotopic (exact) mass is 313 g/mol. The average molecular weight is 313 g/mol. The number of nitrogens with one attached hydrogen (secondary N) is 1. The highest BCUT2D eigenvalue weighted by Crippen LogP contribution is 2.21. The highest BCUT2D eigenvalue weighted by Gasteiger charge is 2.16. The Morgan fingerprint density at radius 3 is 2.30 bits per heavy atom. The summed E-state index contributed by atoms with van der Waals surface area (Å²) in [6.45, 7) is 7.16. The quantitative estimate of drug-likeness (QED) is 0.780. The second kappa shape index (κ2) is 8.70. The van der Waals surface area contributed by atoms with E-state index < -0.39 is 6.10 Å². The van der Waals surface area contributed by atoms with Gasteiger partial charge in [-0.15, -0.1) is 0 Å². The Balaban J connectivity index is 1.85. The van der Waals surface area contributed by atoms with Gasteiger partial charge in [0.2, 0.25) is 0 Å². The lowest BCUT2D eigenvalue weighted by Crippen LogP contribution is -2.35. The van der Waals surface area contributed by atoms with Gasteiger partial charge in [-0.25, -0.2) is 0 Å². The summed E-state index contributed by atoms with van der Waals surface area (Å²) in [5.41, 5.74) is 2.33. The molecule has 2 N–H and O–H groups in total. The van der Waals surface area contributed by atoms with Gasteiger partial charge in [-0.05, 0) is 30.0 Å². The van der Waals surface area contributed by atoms with Crippen molar-refractivity contribution in [2.45, 2.75) is 32.9 Å². The van der Waals surface area contributed by atoms with Gasteiger partial charge in [-0.1, -0.05) is 62.4 Å². The third kappa shape index (κ3) is 5.38. The van der Waals surface area contributed by atoms with Gasteiger partial charge in [0.25, 0.3) is 0 Å². The Morgan fingerprint density at radius 2 is 1.65 bits per heavy atom. The minimum Gasteiger partial charge on any atom is -0.491 e. The Bertz CT molecular complexity index is 583. The predicted octanol–water partition coefficient (Wildman–Crippen LogP) is 3.72. The average Bonchev–Trinajstić information content (AvgIpc) is 2.55. The molecule has 2 rings (SSSR count). The molecule has 3 heteroatoms. The van der Waals surface area contributed by atoms with Crippen LogP contribution in [0.1, 0.15) is 31.0 Å². The van der Waals surface area contributed by atoms with Crippen molar-refractivity contribution in [2.24, 2.45) is 5.92 Å². The lowest BCUT2D eigenvalue weighted by Gasteiger charge is -2.24. The Hall–Kier alpha value is -1.84. The zero-order valence-corrected chi connectivity index (χ0v) is 14.2. The Labute approximate surface area is 139 Å². The van der Waals surface area contributed by atoms with Gasteiger partial charge in [-0.3, -0.25) is 0 Å². The third-order valence-corrected chi connectivity index (χ3v) is 3.92. The molecule has 0 fully saturated rings. The fourth-order valence-corrected chi connectivity index (χ4v) is 2.63. The number of rotatable bonds is 8. The van der Waals surface area contributed by atoms with Crippen molar-refractivity contribution in [3.8, 4) is 5.75 Å². The Morgan fingerprint density at radius 1 is 1.00 bits per heavy atom. The lowest BCUT2D eigenvalue weighted by atomic mass is 9.96. The van der Waals surface area contributed by atoms with Crippen molar-refractivity contribution in [3.05, 3.63) is 65.7 Å². The molecule has 3 nitrogen and oxygen atoms in total. The van der Waals surface area contributed by atoms with Crippen LogP contribution in [0.25, 0.3) is 0 Å². The minimum absolute atomic E-state index is 0.226. The first-order valence-electron chi connectivity index (χ1n) is 8.22. The molecule has 0 aromatic heterocycles. The second-order valence-corrected chi connectivity index (χ2v) is 6.27. The molecule has 0 heterocycles. The molecule has 0 aliphatic rings. The van der Waals surface area contributed by atoms with Gasteiger partial charge in [0, 0.05) is 12.6 Å². The van der Waals surface area contributed by atoms with Crippen LogP contribution in [0.5, 0.6) is 5.75 Å². The number of aliphatic hydroxyl groups is 1. The van der Waals surface area contributed by atoms with Crippen LogP contribution in [0, 0.1) is 12.8 Å². The molecule has 2 atom stereocenters. The zero-order chi connectivity index (χ0) is 16.7. The summed E-state index contributed by atoms with van der Waals surface area (Å²) in [4.78, 5) is 0. The predicted molar refractivity (Wildman–Crippen MR) is 94.7 cm³/mol. The molecular weight excluding hydrogens is 286 g/mol. The van der Waals surface area contributed by atoms with Gasteiger partial charge in [0.05, 0.1) is 0 Å². The number of ether oxygens (including phenoxy) is 1. The third-order valence-electron chi connectivity index (χ3n) is 3.92. The maximum Gasteiger partial charge on any atom is 0.122 e. The molecule has 124 valence electrons. The largest absolute Gasteiger partial charge is 0.491 e. The standard InChI is InChI=1S/C20H27NO2/c1-15(2)20(17-10-5-4-6-11-17)21-13-18(22)14-23-19-12-8-7-9-16(19)3/h4-12,15,18,20-22H,13-14H2,1-3H3. The maximum atomic E-state index is 10.2. The van der Waals surface area contributed by atoms with Crippen LogP contribution in [0.15, 0.2) is 54.6 Å². The summed E-state index contributed by atoms with van der Waals surface area (Å²) in [7, 11) is 0. The minimum atomic E-state index is -0.542. The molecule has 0 spiro atoms. The number of aliphatic hydroxyl groups excluding tert-OH is 1. The van der Waals surface area contributed by atoms with E-state index >= 15 is 0 Å². The summed E-state index contributed by atoms with van der Waals surface area (Å²) in [5, 5.41) is 13.6. The summed E-state index contributed by atoms with van der Waals surface area (Å²) >= 11 is 0. The molecule has 0 amide bonds. The fourth-order valence-electron chi connectivity index (χ4n) is 2.63. The number of hydrogen-bond donors (Lipinski definition) is 2. The van der Waals surface area contributed by atoms with Crippen LogP contribution in [-0.2, 0) is 0 Å². The van der Waals surface area contributed by atoms with Crippen LogP contribution >= 0.6 is 0 Å². The van der Waals surface area contributed by atoms with E-state index in [9.17, 15) is 5.11 Å². The molecule has 2 unspecified atom stereocenters.